The molecule has 0 atom stereocenters. The summed E-state index contributed by atoms with van der Waals surface area (Å²) in [4.78, 5) is 23.6. The van der Waals surface area contributed by atoms with Crippen LogP contribution in [0.3, 0.4) is 0 Å². The molecule has 0 fully saturated rings. The minimum absolute atomic E-state index is 0.00265. The predicted octanol–water partition coefficient (Wildman–Crippen LogP) is 2.21. The number of hydrogen-bond acceptors (Lipinski definition) is 13. The molecule has 0 aliphatic carbocycles. The third kappa shape index (κ3) is 21.3. The van der Waals surface area contributed by atoms with Crippen LogP contribution in [-0.2, 0) is 47.4 Å². The molecule has 0 aliphatic rings. The van der Waals surface area contributed by atoms with Crippen LogP contribution >= 0.6 is 0 Å². The van der Waals surface area contributed by atoms with Crippen LogP contribution in [0.15, 0.2) is 54.6 Å². The van der Waals surface area contributed by atoms with Gasteiger partial charge < -0.3 is 53.1 Å². The van der Waals surface area contributed by atoms with E-state index in [-0.39, 0.29) is 13.2 Å². The van der Waals surface area contributed by atoms with Crippen LogP contribution < -0.4 is 10.5 Å². The predicted molar refractivity (Wildman–Crippen MR) is 165 cm³/mol. The van der Waals surface area contributed by atoms with E-state index < -0.39 is 11.8 Å². The van der Waals surface area contributed by atoms with Gasteiger partial charge in [0.1, 0.15) is 19.0 Å². The number of carbonyl (C=O) groups excluding carboxylic acids is 2. The Bertz CT molecular complexity index is 993. The number of Topliss-reactive ketones (excluding diaryl/α,β-unsaturated/α-hetero) is 1. The summed E-state index contributed by atoms with van der Waals surface area (Å²) in [5.74, 6) is -0.810. The fraction of sp³-hybridized carbons (Fsp3) is 0.562. The zero-order chi connectivity index (χ0) is 32.0. The van der Waals surface area contributed by atoms with E-state index in [1.165, 1.54) is 0 Å². The number of benzene rings is 2. The van der Waals surface area contributed by atoms with Crippen molar-refractivity contribution in [2.24, 2.45) is 0 Å². The van der Waals surface area contributed by atoms with E-state index in [1.807, 2.05) is 12.1 Å². The van der Waals surface area contributed by atoms with Gasteiger partial charge in [-0.05, 0) is 24.3 Å². The van der Waals surface area contributed by atoms with Crippen molar-refractivity contribution >= 4 is 17.4 Å². The lowest BCUT2D eigenvalue weighted by molar-refractivity contribution is -0.139. The molecule has 0 bridgehead atoms. The summed E-state index contributed by atoms with van der Waals surface area (Å²) >= 11 is 0. The summed E-state index contributed by atoms with van der Waals surface area (Å²) in [7, 11) is 0. The molecule has 13 nitrogen and oxygen atoms in total. The smallest absolute Gasteiger partial charge is 0.379 e. The second-order valence-corrected chi connectivity index (χ2v) is 9.15. The van der Waals surface area contributed by atoms with Crippen molar-refractivity contribution in [3.05, 3.63) is 60.2 Å². The first-order chi connectivity index (χ1) is 22.2. The summed E-state index contributed by atoms with van der Waals surface area (Å²) < 4.78 is 53.9. The monoisotopic (exact) mass is 637 g/mol. The molecule has 0 aliphatic heterocycles. The fourth-order valence-electron chi connectivity index (χ4n) is 3.39. The number of nitrogen functional groups attached to an aromatic ring is 1. The SMILES string of the molecule is Nc1ccc(OCCOCCOCCOCCOCCOCCOCCOCCOCCOC(=O)C(=O)c2ccccc2)cc1. The second kappa shape index (κ2) is 27.2. The van der Waals surface area contributed by atoms with E-state index >= 15 is 0 Å². The molecule has 0 spiro atoms. The molecule has 0 amide bonds. The molecular weight excluding hydrogens is 590 g/mol. The highest BCUT2D eigenvalue weighted by Gasteiger charge is 2.17. The van der Waals surface area contributed by atoms with E-state index in [2.05, 4.69) is 0 Å². The third-order valence-corrected chi connectivity index (χ3v) is 5.66. The summed E-state index contributed by atoms with van der Waals surface area (Å²) in [5, 5.41) is 0. The molecule has 0 saturated carbocycles. The molecule has 0 aromatic heterocycles. The summed E-state index contributed by atoms with van der Waals surface area (Å²) in [5.41, 5.74) is 6.63. The summed E-state index contributed by atoms with van der Waals surface area (Å²) in [6.07, 6.45) is 0. The summed E-state index contributed by atoms with van der Waals surface area (Å²) in [6, 6.07) is 15.5. The molecule has 0 radical (unpaired) electrons. The number of nitrogens with two attached hydrogens (primary N) is 1. The van der Waals surface area contributed by atoms with E-state index in [4.69, 9.17) is 53.1 Å². The zero-order valence-corrected chi connectivity index (χ0v) is 25.9. The maximum Gasteiger partial charge on any atom is 0.379 e. The number of ketones is 1. The maximum atomic E-state index is 11.9. The standard InChI is InChI=1S/C32H47NO12/c33-29-6-8-30(9-7-29)44-26-24-42-22-20-40-18-16-38-14-12-36-10-11-37-13-15-39-17-19-41-21-23-43-25-27-45-32(35)31(34)28-4-2-1-3-5-28/h1-9H,10-27,33H2. The minimum atomic E-state index is -0.897. The highest BCUT2D eigenvalue weighted by molar-refractivity contribution is 6.40. The van der Waals surface area contributed by atoms with Crippen molar-refractivity contribution < 1.29 is 57.0 Å². The molecule has 2 N–H and O–H groups in total. The number of rotatable bonds is 30. The van der Waals surface area contributed by atoms with Crippen LogP contribution in [0, 0.1) is 0 Å². The van der Waals surface area contributed by atoms with E-state index in [9.17, 15) is 9.59 Å². The van der Waals surface area contributed by atoms with Crippen molar-refractivity contribution in [1.82, 2.24) is 0 Å². The first-order valence-corrected chi connectivity index (χ1v) is 15.0. The van der Waals surface area contributed by atoms with Gasteiger partial charge in [-0.3, -0.25) is 4.79 Å². The lowest BCUT2D eigenvalue weighted by Crippen LogP contribution is -2.20. The highest BCUT2D eigenvalue weighted by Crippen LogP contribution is 2.12. The van der Waals surface area contributed by atoms with Gasteiger partial charge in [-0.2, -0.15) is 0 Å². The summed E-state index contributed by atoms with van der Waals surface area (Å²) in [6.45, 7) is 7.51. The Morgan fingerprint density at radius 2 is 0.800 bits per heavy atom. The first-order valence-electron chi connectivity index (χ1n) is 15.0. The van der Waals surface area contributed by atoms with Gasteiger partial charge in [0.25, 0.3) is 5.78 Å². The molecule has 252 valence electrons. The van der Waals surface area contributed by atoms with Gasteiger partial charge in [-0.25, -0.2) is 4.79 Å². The Kier molecular flexibility index (Phi) is 23.0. The topological polar surface area (TPSA) is 152 Å². The number of anilines is 1. The van der Waals surface area contributed by atoms with Crippen molar-refractivity contribution in [3.8, 4) is 5.75 Å². The lowest BCUT2D eigenvalue weighted by atomic mass is 10.1. The third-order valence-electron chi connectivity index (χ3n) is 5.66. The normalized spacial score (nSPS) is 11.0. The van der Waals surface area contributed by atoms with E-state index in [0.29, 0.717) is 117 Å². The molecule has 2 aromatic rings. The molecular formula is C32H47NO12. The van der Waals surface area contributed by atoms with Crippen LogP contribution in [0.2, 0.25) is 0 Å². The van der Waals surface area contributed by atoms with E-state index in [0.717, 1.165) is 5.75 Å². The quantitative estimate of drug-likeness (QED) is 0.0438. The average Bonchev–Trinajstić information content (AvgIpc) is 3.06. The lowest BCUT2D eigenvalue weighted by Gasteiger charge is -2.09. The van der Waals surface area contributed by atoms with Crippen LogP contribution in [-0.4, -0.2) is 131 Å². The van der Waals surface area contributed by atoms with Gasteiger partial charge in [0, 0.05) is 11.3 Å². The largest absolute Gasteiger partial charge is 0.491 e. The second-order valence-electron chi connectivity index (χ2n) is 9.15. The molecule has 2 aromatic carbocycles. The van der Waals surface area contributed by atoms with Crippen molar-refractivity contribution in [1.29, 1.82) is 0 Å². The van der Waals surface area contributed by atoms with Crippen molar-refractivity contribution in [2.75, 3.05) is 125 Å². The number of carbonyl (C=O) groups is 2. The van der Waals surface area contributed by atoms with Gasteiger partial charge in [-0.15, -0.1) is 0 Å². The van der Waals surface area contributed by atoms with Gasteiger partial charge >= 0.3 is 5.97 Å². The van der Waals surface area contributed by atoms with Crippen LogP contribution in [0.4, 0.5) is 5.69 Å². The Morgan fingerprint density at radius 1 is 0.444 bits per heavy atom. The fourth-order valence-corrected chi connectivity index (χ4v) is 3.39. The number of esters is 1. The van der Waals surface area contributed by atoms with Gasteiger partial charge in [-0.1, -0.05) is 30.3 Å². The first kappa shape index (κ1) is 38.0. The van der Waals surface area contributed by atoms with Crippen LogP contribution in [0.25, 0.3) is 0 Å². The Labute approximate surface area is 265 Å². The van der Waals surface area contributed by atoms with E-state index in [1.54, 1.807) is 42.5 Å². The Morgan fingerprint density at radius 3 is 1.20 bits per heavy atom. The average molecular weight is 638 g/mol. The molecule has 0 heterocycles. The molecule has 0 saturated heterocycles. The minimum Gasteiger partial charge on any atom is -0.491 e. The zero-order valence-electron chi connectivity index (χ0n) is 25.9. The number of hydrogen-bond donors (Lipinski definition) is 1. The van der Waals surface area contributed by atoms with Crippen LogP contribution in [0.5, 0.6) is 5.75 Å². The van der Waals surface area contributed by atoms with Gasteiger partial charge in [0.15, 0.2) is 0 Å². The van der Waals surface area contributed by atoms with Gasteiger partial charge in [0.05, 0.1) is 106 Å². The molecule has 2 rings (SSSR count). The molecule has 45 heavy (non-hydrogen) atoms. The van der Waals surface area contributed by atoms with Crippen LogP contribution in [0.1, 0.15) is 10.4 Å². The van der Waals surface area contributed by atoms with Crippen molar-refractivity contribution in [2.45, 2.75) is 0 Å². The Balaban J connectivity index is 1.19. The number of ether oxygens (including phenoxy) is 10. The van der Waals surface area contributed by atoms with Gasteiger partial charge in [0.2, 0.25) is 0 Å². The maximum absolute atomic E-state index is 11.9. The highest BCUT2D eigenvalue weighted by atomic mass is 16.6. The molecule has 13 heteroatoms. The Hall–Kier alpha value is -3.14. The molecule has 0 unspecified atom stereocenters. The van der Waals surface area contributed by atoms with Crippen molar-refractivity contribution in [3.63, 3.8) is 0 Å².